The third-order valence-corrected chi connectivity index (χ3v) is 3.33. The minimum absolute atomic E-state index is 0.102. The van der Waals surface area contributed by atoms with Gasteiger partial charge in [-0.05, 0) is 26.4 Å². The van der Waals surface area contributed by atoms with Crippen molar-refractivity contribution < 1.29 is 4.79 Å². The lowest BCUT2D eigenvalue weighted by Crippen LogP contribution is -2.40. The molecule has 0 aliphatic carbocycles. The van der Waals surface area contributed by atoms with Gasteiger partial charge in [0.1, 0.15) is 0 Å². The molecule has 16 heavy (non-hydrogen) atoms. The van der Waals surface area contributed by atoms with Gasteiger partial charge in [-0.25, -0.2) is 4.79 Å². The second kappa shape index (κ2) is 6.09. The zero-order valence-electron chi connectivity index (χ0n) is 11.0. The maximum absolute atomic E-state index is 11.8. The van der Waals surface area contributed by atoms with Crippen LogP contribution < -0.4 is 5.32 Å². The first-order valence-electron chi connectivity index (χ1n) is 6.25. The van der Waals surface area contributed by atoms with Crippen molar-refractivity contribution in [1.29, 1.82) is 0 Å². The van der Waals surface area contributed by atoms with E-state index < -0.39 is 0 Å². The van der Waals surface area contributed by atoms with Crippen LogP contribution in [0.3, 0.4) is 0 Å². The second-order valence-corrected chi connectivity index (χ2v) is 5.00. The number of amides is 2. The largest absolute Gasteiger partial charge is 0.338 e. The van der Waals surface area contributed by atoms with E-state index in [9.17, 15) is 4.79 Å². The third kappa shape index (κ3) is 3.37. The number of likely N-dealkylation sites (N-methyl/N-ethyl adjacent to an activating group) is 1. The van der Waals surface area contributed by atoms with Crippen molar-refractivity contribution in [1.82, 2.24) is 15.1 Å². The molecule has 0 radical (unpaired) electrons. The van der Waals surface area contributed by atoms with Crippen LogP contribution in [0.25, 0.3) is 0 Å². The van der Waals surface area contributed by atoms with Crippen LogP contribution in [0.4, 0.5) is 4.79 Å². The first-order chi connectivity index (χ1) is 7.56. The Labute approximate surface area is 99.0 Å². The second-order valence-electron chi connectivity index (χ2n) is 5.00. The Bertz CT molecular complexity index is 230. The van der Waals surface area contributed by atoms with E-state index in [-0.39, 0.29) is 6.03 Å². The van der Waals surface area contributed by atoms with Crippen LogP contribution in [0.1, 0.15) is 26.7 Å². The summed E-state index contributed by atoms with van der Waals surface area (Å²) in [5, 5.41) is 2.97. The molecule has 1 heterocycles. The van der Waals surface area contributed by atoms with Gasteiger partial charge in [-0.1, -0.05) is 20.3 Å². The van der Waals surface area contributed by atoms with E-state index in [4.69, 9.17) is 0 Å². The molecule has 2 amide bonds. The molecule has 2 atom stereocenters. The number of nitrogens with zero attached hydrogens (tertiary/aromatic N) is 2. The number of hydrogen-bond acceptors (Lipinski definition) is 2. The molecule has 0 spiro atoms. The molecular weight excluding hydrogens is 202 g/mol. The molecule has 2 unspecified atom stereocenters. The van der Waals surface area contributed by atoms with Crippen LogP contribution in [0.5, 0.6) is 0 Å². The van der Waals surface area contributed by atoms with Gasteiger partial charge in [0.05, 0.1) is 0 Å². The number of rotatable bonds is 4. The van der Waals surface area contributed by atoms with Gasteiger partial charge in [-0.2, -0.15) is 0 Å². The molecule has 1 fully saturated rings. The molecule has 4 heteroatoms. The molecule has 0 saturated carbocycles. The van der Waals surface area contributed by atoms with Crippen LogP contribution in [0, 0.1) is 5.92 Å². The Hall–Kier alpha value is -0.770. The van der Waals surface area contributed by atoms with E-state index in [0.29, 0.717) is 12.0 Å². The maximum atomic E-state index is 11.8. The van der Waals surface area contributed by atoms with Crippen molar-refractivity contribution >= 4 is 6.03 Å². The fraction of sp³-hybridized carbons (Fsp3) is 0.917. The molecule has 0 aromatic rings. The number of carbonyl (C=O) groups excluding carboxylic acids is 1. The number of hydrogen-bond donors (Lipinski definition) is 1. The van der Waals surface area contributed by atoms with E-state index >= 15 is 0 Å². The molecule has 1 aliphatic heterocycles. The standard InChI is InChI=1S/C12H25N3O/c1-5-6-7-13-12(16)15-8-10(2)11(9-15)14(3)4/h10-11H,5-9H2,1-4H3,(H,13,16). The lowest BCUT2D eigenvalue weighted by molar-refractivity contribution is 0.203. The van der Waals surface area contributed by atoms with Crippen molar-refractivity contribution in [2.24, 2.45) is 5.92 Å². The van der Waals surface area contributed by atoms with Gasteiger partial charge in [0.25, 0.3) is 0 Å². The SMILES string of the molecule is CCCCNC(=O)N1CC(C)C(N(C)C)C1. The minimum Gasteiger partial charge on any atom is -0.338 e. The molecule has 1 N–H and O–H groups in total. The van der Waals surface area contributed by atoms with Crippen LogP contribution in [-0.2, 0) is 0 Å². The van der Waals surface area contributed by atoms with Crippen molar-refractivity contribution in [2.75, 3.05) is 33.7 Å². The van der Waals surface area contributed by atoms with Crippen LogP contribution in [0.2, 0.25) is 0 Å². The summed E-state index contributed by atoms with van der Waals surface area (Å²) >= 11 is 0. The summed E-state index contributed by atoms with van der Waals surface area (Å²) in [5.74, 6) is 0.562. The van der Waals surface area contributed by atoms with Gasteiger partial charge < -0.3 is 15.1 Å². The van der Waals surface area contributed by atoms with Gasteiger partial charge in [0, 0.05) is 25.7 Å². The Balaban J connectivity index is 2.36. The molecule has 1 aliphatic rings. The summed E-state index contributed by atoms with van der Waals surface area (Å²) in [7, 11) is 4.17. The van der Waals surface area contributed by atoms with Crippen LogP contribution in [0.15, 0.2) is 0 Å². The highest BCUT2D eigenvalue weighted by Gasteiger charge is 2.33. The predicted molar refractivity (Wildman–Crippen MR) is 66.5 cm³/mol. The van der Waals surface area contributed by atoms with E-state index in [0.717, 1.165) is 32.5 Å². The van der Waals surface area contributed by atoms with Crippen LogP contribution in [-0.4, -0.2) is 55.6 Å². The summed E-state index contributed by atoms with van der Waals surface area (Å²) in [5.41, 5.74) is 0. The first-order valence-corrected chi connectivity index (χ1v) is 6.25. The zero-order chi connectivity index (χ0) is 12.1. The highest BCUT2D eigenvalue weighted by molar-refractivity contribution is 5.74. The monoisotopic (exact) mass is 227 g/mol. The predicted octanol–water partition coefficient (Wildman–Crippen LogP) is 1.38. The lowest BCUT2D eigenvalue weighted by Gasteiger charge is -2.22. The topological polar surface area (TPSA) is 35.6 Å². The molecule has 94 valence electrons. The average molecular weight is 227 g/mol. The van der Waals surface area contributed by atoms with E-state index in [1.807, 2.05) is 4.90 Å². The smallest absolute Gasteiger partial charge is 0.317 e. The van der Waals surface area contributed by atoms with Crippen molar-refractivity contribution in [3.8, 4) is 0 Å². The fourth-order valence-corrected chi connectivity index (χ4v) is 2.27. The number of likely N-dealkylation sites (tertiary alicyclic amines) is 1. The number of urea groups is 1. The molecule has 0 aromatic heterocycles. The number of nitrogens with one attached hydrogen (secondary N) is 1. The molecule has 4 nitrogen and oxygen atoms in total. The zero-order valence-corrected chi connectivity index (χ0v) is 11.0. The Morgan fingerprint density at radius 2 is 2.12 bits per heavy atom. The van der Waals surface area contributed by atoms with Crippen molar-refractivity contribution in [3.05, 3.63) is 0 Å². The summed E-state index contributed by atoms with van der Waals surface area (Å²) in [6.45, 7) is 6.87. The average Bonchev–Trinajstić information content (AvgIpc) is 2.60. The summed E-state index contributed by atoms with van der Waals surface area (Å²) in [6.07, 6.45) is 2.18. The van der Waals surface area contributed by atoms with Gasteiger partial charge in [-0.15, -0.1) is 0 Å². The minimum atomic E-state index is 0.102. The van der Waals surface area contributed by atoms with E-state index in [2.05, 4.69) is 38.2 Å². The van der Waals surface area contributed by atoms with E-state index in [1.54, 1.807) is 0 Å². The molecular formula is C12H25N3O. The Morgan fingerprint density at radius 3 is 2.62 bits per heavy atom. The van der Waals surface area contributed by atoms with E-state index in [1.165, 1.54) is 0 Å². The van der Waals surface area contributed by atoms with Gasteiger partial charge >= 0.3 is 6.03 Å². The maximum Gasteiger partial charge on any atom is 0.317 e. The summed E-state index contributed by atoms with van der Waals surface area (Å²) < 4.78 is 0. The molecule has 0 aromatic carbocycles. The quantitative estimate of drug-likeness (QED) is 0.736. The molecule has 1 rings (SSSR count). The normalized spacial score (nSPS) is 25.2. The van der Waals surface area contributed by atoms with Gasteiger partial charge in [-0.3, -0.25) is 0 Å². The Morgan fingerprint density at radius 1 is 1.44 bits per heavy atom. The fourth-order valence-electron chi connectivity index (χ4n) is 2.27. The lowest BCUT2D eigenvalue weighted by atomic mass is 10.1. The molecule has 0 bridgehead atoms. The van der Waals surface area contributed by atoms with Gasteiger partial charge in [0.2, 0.25) is 0 Å². The van der Waals surface area contributed by atoms with Gasteiger partial charge in [0.15, 0.2) is 0 Å². The van der Waals surface area contributed by atoms with Crippen LogP contribution >= 0.6 is 0 Å². The van der Waals surface area contributed by atoms with Crippen molar-refractivity contribution in [3.63, 3.8) is 0 Å². The summed E-state index contributed by atoms with van der Waals surface area (Å²) in [4.78, 5) is 16.0. The number of carbonyl (C=O) groups is 1. The molecule has 1 saturated heterocycles. The highest BCUT2D eigenvalue weighted by atomic mass is 16.2. The third-order valence-electron chi connectivity index (χ3n) is 3.33. The number of unbranched alkanes of at least 4 members (excludes halogenated alkanes) is 1. The first kappa shape index (κ1) is 13.3. The summed E-state index contributed by atoms with van der Waals surface area (Å²) in [6, 6.07) is 0.599. The highest BCUT2D eigenvalue weighted by Crippen LogP contribution is 2.19. The Kier molecular flexibility index (Phi) is 5.06. The van der Waals surface area contributed by atoms with Crippen molar-refractivity contribution in [2.45, 2.75) is 32.7 Å².